The van der Waals surface area contributed by atoms with Crippen molar-refractivity contribution in [1.82, 2.24) is 34.9 Å². The number of hydrogen-bond acceptors (Lipinski definition) is 9. The monoisotopic (exact) mass is 659 g/mol. The zero-order valence-electron chi connectivity index (χ0n) is 26.4. The molecule has 0 aliphatic carbocycles. The van der Waals surface area contributed by atoms with Gasteiger partial charge in [-0.1, -0.05) is 62.7 Å². The van der Waals surface area contributed by atoms with Crippen molar-refractivity contribution in [2.75, 3.05) is 19.7 Å². The number of nitrogens with two attached hydrogens (primary N) is 1. The Morgan fingerprint density at radius 3 is 2.45 bits per heavy atom. The summed E-state index contributed by atoms with van der Waals surface area (Å²) in [6.07, 6.45) is 4.31. The van der Waals surface area contributed by atoms with Gasteiger partial charge in [0.15, 0.2) is 23.1 Å². The number of nitrogens with zero attached hydrogens (tertiary/aromatic N) is 7. The molecule has 2 atom stereocenters. The van der Waals surface area contributed by atoms with Gasteiger partial charge in [-0.15, -0.1) is 0 Å². The first-order valence-electron chi connectivity index (χ1n) is 15.1. The molecule has 4 heterocycles. The van der Waals surface area contributed by atoms with Gasteiger partial charge in [-0.05, 0) is 48.1 Å². The molecule has 0 spiro atoms. The van der Waals surface area contributed by atoms with E-state index in [1.807, 2.05) is 45.0 Å². The second kappa shape index (κ2) is 12.0. The smallest absolute Gasteiger partial charge is 0.410 e. The highest BCUT2D eigenvalue weighted by atomic mass is 35.5. The van der Waals surface area contributed by atoms with Gasteiger partial charge in [0.05, 0.1) is 24.2 Å². The van der Waals surface area contributed by atoms with Gasteiger partial charge >= 0.3 is 6.09 Å². The first-order valence-corrected chi connectivity index (χ1v) is 15.5. The Bertz CT molecular complexity index is 1800. The van der Waals surface area contributed by atoms with E-state index < -0.39 is 23.3 Å². The van der Waals surface area contributed by atoms with Gasteiger partial charge in [0, 0.05) is 23.5 Å². The molecule has 12 nitrogen and oxygen atoms in total. The number of H-pyrrole nitrogens is 1. The molecule has 1 saturated heterocycles. The number of benzene rings is 2. The van der Waals surface area contributed by atoms with Crippen molar-refractivity contribution in [3.05, 3.63) is 83.4 Å². The Morgan fingerprint density at radius 2 is 1.83 bits per heavy atom. The third-order valence-electron chi connectivity index (χ3n) is 8.12. The number of carbonyl (C=O) groups excluding carboxylic acids is 2. The third kappa shape index (κ3) is 6.39. The highest BCUT2D eigenvalue weighted by Gasteiger charge is 2.53. The molecule has 2 aliphatic rings. The predicted molar refractivity (Wildman–Crippen MR) is 174 cm³/mol. The van der Waals surface area contributed by atoms with Crippen molar-refractivity contribution in [2.45, 2.75) is 51.4 Å². The van der Waals surface area contributed by atoms with Crippen LogP contribution in [-0.2, 0) is 15.1 Å². The number of rotatable bonds is 8. The van der Waals surface area contributed by atoms with E-state index in [9.17, 15) is 14.0 Å². The second-order valence-electron chi connectivity index (χ2n) is 13.3. The molecule has 2 aromatic heterocycles. The molecule has 1 fully saturated rings. The molecule has 2 aromatic carbocycles. The number of alkyl halides is 1. The number of amides is 2. The number of hydrogen-bond donors (Lipinski definition) is 2. The SMILES string of the molecule is CC(C)(C)C[C@]1(c2ccc(-c3ncccn3)cc2)N=C(N)N([C@H](COC(=O)N2CC(C)(F)C2)c2ccc(Cl)c(-c3ncn[nH]3)c2)C1=O. The highest BCUT2D eigenvalue weighted by molar-refractivity contribution is 6.33. The molecular formula is C33H35ClFN9O3. The van der Waals surface area contributed by atoms with Crippen LogP contribution in [0.25, 0.3) is 22.8 Å². The average Bonchev–Trinajstić information content (AvgIpc) is 3.63. The van der Waals surface area contributed by atoms with E-state index in [-0.39, 0.29) is 37.0 Å². The Kier molecular flexibility index (Phi) is 8.20. The summed E-state index contributed by atoms with van der Waals surface area (Å²) >= 11 is 6.53. The van der Waals surface area contributed by atoms with Crippen molar-refractivity contribution < 1.29 is 18.7 Å². The third-order valence-corrected chi connectivity index (χ3v) is 8.45. The number of likely N-dealkylation sites (tertiary alicyclic amines) is 1. The summed E-state index contributed by atoms with van der Waals surface area (Å²) in [6.45, 7) is 7.04. The molecule has 2 amide bonds. The number of carbonyl (C=O) groups is 2. The molecule has 4 aromatic rings. The predicted octanol–water partition coefficient (Wildman–Crippen LogP) is 5.29. The zero-order chi connectivity index (χ0) is 33.6. The van der Waals surface area contributed by atoms with Crippen LogP contribution in [0.5, 0.6) is 0 Å². The van der Waals surface area contributed by atoms with Gasteiger partial charge in [0.1, 0.15) is 18.6 Å². The van der Waals surface area contributed by atoms with E-state index in [0.29, 0.717) is 39.8 Å². The molecule has 47 heavy (non-hydrogen) atoms. The Balaban J connectivity index is 1.39. The highest BCUT2D eigenvalue weighted by Crippen LogP contribution is 2.45. The van der Waals surface area contributed by atoms with Gasteiger partial charge in [-0.3, -0.25) is 14.8 Å². The maximum Gasteiger partial charge on any atom is 0.410 e. The Labute approximate surface area is 276 Å². The van der Waals surface area contributed by atoms with Crippen LogP contribution >= 0.6 is 11.6 Å². The first-order chi connectivity index (χ1) is 22.3. The van der Waals surface area contributed by atoms with Crippen LogP contribution in [0, 0.1) is 5.41 Å². The fourth-order valence-corrected chi connectivity index (χ4v) is 6.33. The molecule has 6 rings (SSSR count). The van der Waals surface area contributed by atoms with Crippen molar-refractivity contribution >= 4 is 29.6 Å². The molecule has 2 aliphatic heterocycles. The lowest BCUT2D eigenvalue weighted by Crippen LogP contribution is -2.59. The summed E-state index contributed by atoms with van der Waals surface area (Å²) in [7, 11) is 0. The lowest BCUT2D eigenvalue weighted by atomic mass is 9.75. The molecule has 0 unspecified atom stereocenters. The Hall–Kier alpha value is -4.91. The van der Waals surface area contributed by atoms with Gasteiger partial charge in [-0.2, -0.15) is 5.10 Å². The van der Waals surface area contributed by atoms with Crippen LogP contribution < -0.4 is 5.73 Å². The van der Waals surface area contributed by atoms with Gasteiger partial charge in [-0.25, -0.2) is 29.1 Å². The van der Waals surface area contributed by atoms with Gasteiger partial charge < -0.3 is 15.4 Å². The van der Waals surface area contributed by atoms with Crippen molar-refractivity contribution in [3.8, 4) is 22.8 Å². The molecular weight excluding hydrogens is 625 g/mol. The fourth-order valence-electron chi connectivity index (χ4n) is 6.12. The summed E-state index contributed by atoms with van der Waals surface area (Å²) < 4.78 is 19.9. The summed E-state index contributed by atoms with van der Waals surface area (Å²) in [4.78, 5) is 48.2. The van der Waals surface area contributed by atoms with Crippen molar-refractivity contribution in [2.24, 2.45) is 16.1 Å². The van der Waals surface area contributed by atoms with Crippen LogP contribution in [0.2, 0.25) is 5.02 Å². The second-order valence-corrected chi connectivity index (χ2v) is 13.7. The molecule has 0 saturated carbocycles. The summed E-state index contributed by atoms with van der Waals surface area (Å²) in [5, 5.41) is 7.12. The standard InChI is InChI=1S/C33H35ClFN9O3/c1-31(2,3)16-33(22-9-6-20(7-10-22)26-37-12-5-13-38-26)28(45)44(29(36)41-33)25(15-47-30(46)43-17-32(4,35)18-43)21-8-11-24(34)23(14-21)27-39-19-40-42-27/h5-14,19,25H,15-18H2,1-4H3,(H2,36,41)(H,39,40,42)/t25-,33-/m1/s1. The molecule has 14 heteroatoms. The van der Waals surface area contributed by atoms with Crippen LogP contribution in [0.3, 0.4) is 0 Å². The maximum atomic E-state index is 14.8. The number of halogens is 2. The lowest BCUT2D eigenvalue weighted by molar-refractivity contribution is -0.135. The summed E-state index contributed by atoms with van der Waals surface area (Å²) in [6, 6.07) is 13.3. The maximum absolute atomic E-state index is 14.8. The van der Waals surface area contributed by atoms with Crippen LogP contribution in [0.4, 0.5) is 9.18 Å². The lowest BCUT2D eigenvalue weighted by Gasteiger charge is -2.41. The normalized spacial score (nSPS) is 19.7. The largest absolute Gasteiger partial charge is 0.447 e. The number of aromatic nitrogens is 5. The minimum Gasteiger partial charge on any atom is -0.447 e. The number of aliphatic imine (C=N–C) groups is 1. The number of ether oxygens (including phenoxy) is 1. The van der Waals surface area contributed by atoms with E-state index in [4.69, 9.17) is 27.1 Å². The van der Waals surface area contributed by atoms with E-state index in [2.05, 4.69) is 25.1 Å². The van der Waals surface area contributed by atoms with E-state index in [0.717, 1.165) is 5.56 Å². The van der Waals surface area contributed by atoms with E-state index in [1.165, 1.54) is 23.1 Å². The average molecular weight is 660 g/mol. The minimum absolute atomic E-state index is 0.0350. The number of aromatic amines is 1. The molecule has 0 radical (unpaired) electrons. The summed E-state index contributed by atoms with van der Waals surface area (Å²) in [5.41, 5.74) is 5.93. The molecule has 3 N–H and O–H groups in total. The van der Waals surface area contributed by atoms with Crippen LogP contribution in [-0.4, -0.2) is 78.3 Å². The Morgan fingerprint density at radius 1 is 1.13 bits per heavy atom. The zero-order valence-corrected chi connectivity index (χ0v) is 27.2. The number of nitrogens with one attached hydrogen (secondary N) is 1. The van der Waals surface area contributed by atoms with Gasteiger partial charge in [0.2, 0.25) is 0 Å². The minimum atomic E-state index is -1.47. The number of guanidine groups is 1. The first kappa shape index (κ1) is 32.0. The van der Waals surface area contributed by atoms with E-state index >= 15 is 0 Å². The van der Waals surface area contributed by atoms with Gasteiger partial charge in [0.25, 0.3) is 5.91 Å². The van der Waals surface area contributed by atoms with Crippen molar-refractivity contribution in [1.29, 1.82) is 0 Å². The quantitative estimate of drug-likeness (QED) is 0.258. The van der Waals surface area contributed by atoms with E-state index in [1.54, 1.807) is 36.7 Å². The van der Waals surface area contributed by atoms with Crippen LogP contribution in [0.1, 0.15) is 51.3 Å². The molecule has 0 bridgehead atoms. The molecule has 244 valence electrons. The fraction of sp³-hybridized carbons (Fsp3) is 0.364. The van der Waals surface area contributed by atoms with Crippen LogP contribution in [0.15, 0.2) is 72.2 Å². The topological polar surface area (TPSA) is 156 Å². The van der Waals surface area contributed by atoms with Crippen molar-refractivity contribution in [3.63, 3.8) is 0 Å². The summed E-state index contributed by atoms with van der Waals surface area (Å²) in [5.74, 6) is 0.543.